The summed E-state index contributed by atoms with van der Waals surface area (Å²) >= 11 is 0. The molecule has 0 saturated heterocycles. The molecule has 0 aliphatic rings. The van der Waals surface area contributed by atoms with Gasteiger partial charge in [0.05, 0.1) is 11.6 Å². The lowest BCUT2D eigenvalue weighted by Crippen LogP contribution is -2.28. The molecule has 0 aliphatic heterocycles. The van der Waals surface area contributed by atoms with Crippen LogP contribution < -0.4 is 0 Å². The van der Waals surface area contributed by atoms with E-state index >= 15 is 0 Å². The summed E-state index contributed by atoms with van der Waals surface area (Å²) in [6.45, 7) is 7.08. The van der Waals surface area contributed by atoms with Crippen molar-refractivity contribution in [3.63, 3.8) is 0 Å². The van der Waals surface area contributed by atoms with Gasteiger partial charge in [0.25, 0.3) is 0 Å². The highest BCUT2D eigenvalue weighted by atomic mass is 16.4. The summed E-state index contributed by atoms with van der Waals surface area (Å²) < 4.78 is 1.91. The molecule has 1 aromatic heterocycles. The van der Waals surface area contributed by atoms with Crippen LogP contribution in [-0.4, -0.2) is 39.3 Å². The molecule has 5 heteroatoms. The van der Waals surface area contributed by atoms with Crippen LogP contribution in [0.5, 0.6) is 0 Å². The third kappa shape index (κ3) is 4.19. The first-order valence-corrected chi connectivity index (χ1v) is 5.85. The third-order valence-corrected chi connectivity index (χ3v) is 2.63. The third-order valence-electron chi connectivity index (χ3n) is 2.63. The average Bonchev–Trinajstić information content (AvgIpc) is 2.65. The Labute approximate surface area is 102 Å². The maximum absolute atomic E-state index is 10.7. The second-order valence-corrected chi connectivity index (χ2v) is 4.82. The minimum absolute atomic E-state index is 0.354. The Morgan fingerprint density at radius 2 is 2.18 bits per heavy atom. The first-order valence-electron chi connectivity index (χ1n) is 5.85. The summed E-state index contributed by atoms with van der Waals surface area (Å²) in [5, 5.41) is 13.3. The Morgan fingerprint density at radius 1 is 1.53 bits per heavy atom. The van der Waals surface area contributed by atoms with E-state index in [0.29, 0.717) is 19.1 Å². The molecule has 0 amide bonds. The standard InChI is InChI=1S/C12H21N3O2/c1-9(2)15-6-5-11(13-15)8-14(4)7-10(3)12(16)17/h5-6,9-10H,7-8H2,1-4H3,(H,16,17). The predicted octanol–water partition coefficient (Wildman–Crippen LogP) is 1.62. The second kappa shape index (κ2) is 5.82. The molecule has 5 nitrogen and oxygen atoms in total. The van der Waals surface area contributed by atoms with Crippen molar-refractivity contribution in [2.45, 2.75) is 33.4 Å². The number of carboxylic acids is 1. The molecular weight excluding hydrogens is 218 g/mol. The SMILES string of the molecule is CC(CN(C)Cc1ccn(C(C)C)n1)C(=O)O. The molecule has 1 atom stereocenters. The molecule has 0 fully saturated rings. The fraction of sp³-hybridized carbons (Fsp3) is 0.667. The average molecular weight is 239 g/mol. The minimum Gasteiger partial charge on any atom is -0.481 e. The molecule has 17 heavy (non-hydrogen) atoms. The second-order valence-electron chi connectivity index (χ2n) is 4.82. The Kier molecular flexibility index (Phi) is 4.69. The fourth-order valence-electron chi connectivity index (χ4n) is 1.64. The highest BCUT2D eigenvalue weighted by Gasteiger charge is 2.14. The Morgan fingerprint density at radius 3 is 2.65 bits per heavy atom. The van der Waals surface area contributed by atoms with Crippen LogP contribution in [0, 0.1) is 5.92 Å². The molecule has 0 bridgehead atoms. The van der Waals surface area contributed by atoms with Crippen molar-refractivity contribution < 1.29 is 9.90 Å². The summed E-state index contributed by atoms with van der Waals surface area (Å²) in [7, 11) is 1.91. The van der Waals surface area contributed by atoms with E-state index in [-0.39, 0.29) is 5.92 Å². The monoisotopic (exact) mass is 239 g/mol. The van der Waals surface area contributed by atoms with E-state index in [2.05, 4.69) is 18.9 Å². The molecular formula is C12H21N3O2. The van der Waals surface area contributed by atoms with E-state index in [1.54, 1.807) is 6.92 Å². The van der Waals surface area contributed by atoms with Crippen molar-refractivity contribution in [2.75, 3.05) is 13.6 Å². The summed E-state index contributed by atoms with van der Waals surface area (Å²) in [5.41, 5.74) is 0.971. The van der Waals surface area contributed by atoms with Gasteiger partial charge in [-0.2, -0.15) is 5.10 Å². The zero-order valence-corrected chi connectivity index (χ0v) is 10.9. The van der Waals surface area contributed by atoms with Crippen LogP contribution in [0.1, 0.15) is 32.5 Å². The Hall–Kier alpha value is -1.36. The molecule has 1 N–H and O–H groups in total. The van der Waals surface area contributed by atoms with Gasteiger partial charge in [-0.3, -0.25) is 14.4 Å². The molecule has 0 aliphatic carbocycles. The van der Waals surface area contributed by atoms with Gasteiger partial charge in [-0.15, -0.1) is 0 Å². The van der Waals surface area contributed by atoms with Gasteiger partial charge >= 0.3 is 5.97 Å². The van der Waals surface area contributed by atoms with Crippen molar-refractivity contribution in [1.82, 2.24) is 14.7 Å². The zero-order valence-electron chi connectivity index (χ0n) is 10.9. The van der Waals surface area contributed by atoms with Crippen molar-refractivity contribution >= 4 is 5.97 Å². The quantitative estimate of drug-likeness (QED) is 0.819. The van der Waals surface area contributed by atoms with E-state index in [0.717, 1.165) is 5.69 Å². The summed E-state index contributed by atoms with van der Waals surface area (Å²) in [6, 6.07) is 2.33. The van der Waals surface area contributed by atoms with Crippen LogP contribution in [0.25, 0.3) is 0 Å². The first kappa shape index (κ1) is 13.7. The van der Waals surface area contributed by atoms with Crippen LogP contribution in [-0.2, 0) is 11.3 Å². The highest BCUT2D eigenvalue weighted by molar-refractivity contribution is 5.69. The number of nitrogens with zero attached hydrogens (tertiary/aromatic N) is 3. The molecule has 1 unspecified atom stereocenters. The molecule has 1 rings (SSSR count). The summed E-state index contributed by atoms with van der Waals surface area (Å²) in [6.07, 6.45) is 1.95. The van der Waals surface area contributed by atoms with Crippen molar-refractivity contribution in [3.05, 3.63) is 18.0 Å². The van der Waals surface area contributed by atoms with Crippen LogP contribution in [0.3, 0.4) is 0 Å². The largest absolute Gasteiger partial charge is 0.481 e. The number of carboxylic acid groups (broad SMARTS) is 1. The predicted molar refractivity (Wildman–Crippen MR) is 65.7 cm³/mol. The van der Waals surface area contributed by atoms with Gasteiger partial charge in [-0.1, -0.05) is 6.92 Å². The lowest BCUT2D eigenvalue weighted by Gasteiger charge is -2.17. The lowest BCUT2D eigenvalue weighted by atomic mass is 10.2. The minimum atomic E-state index is -0.760. The Bertz CT molecular complexity index is 374. The van der Waals surface area contributed by atoms with E-state index in [1.165, 1.54) is 0 Å². The summed E-state index contributed by atoms with van der Waals surface area (Å²) in [4.78, 5) is 12.7. The number of hydrogen-bond donors (Lipinski definition) is 1. The number of aromatic nitrogens is 2. The fourth-order valence-corrected chi connectivity index (χ4v) is 1.64. The molecule has 0 radical (unpaired) electrons. The van der Waals surface area contributed by atoms with Gasteiger partial charge in [0.15, 0.2) is 0 Å². The van der Waals surface area contributed by atoms with E-state index in [9.17, 15) is 4.79 Å². The van der Waals surface area contributed by atoms with Gasteiger partial charge in [0, 0.05) is 25.3 Å². The maximum atomic E-state index is 10.7. The maximum Gasteiger partial charge on any atom is 0.307 e. The normalized spacial score (nSPS) is 13.3. The number of carbonyl (C=O) groups is 1. The van der Waals surface area contributed by atoms with Crippen molar-refractivity contribution in [3.8, 4) is 0 Å². The van der Waals surface area contributed by atoms with Crippen LogP contribution in [0.4, 0.5) is 0 Å². The molecule has 1 heterocycles. The molecule has 0 saturated carbocycles. The topological polar surface area (TPSA) is 58.4 Å². The van der Waals surface area contributed by atoms with Crippen LogP contribution >= 0.6 is 0 Å². The first-order chi connectivity index (χ1) is 7.90. The van der Waals surface area contributed by atoms with E-state index < -0.39 is 5.97 Å². The number of hydrogen-bond acceptors (Lipinski definition) is 3. The molecule has 0 aromatic carbocycles. The van der Waals surface area contributed by atoms with Crippen molar-refractivity contribution in [1.29, 1.82) is 0 Å². The van der Waals surface area contributed by atoms with Gasteiger partial charge in [0.2, 0.25) is 0 Å². The van der Waals surface area contributed by atoms with Crippen LogP contribution in [0.15, 0.2) is 12.3 Å². The highest BCUT2D eigenvalue weighted by Crippen LogP contribution is 2.07. The zero-order chi connectivity index (χ0) is 13.0. The summed E-state index contributed by atoms with van der Waals surface area (Å²) in [5.74, 6) is -1.11. The van der Waals surface area contributed by atoms with E-state index in [1.807, 2.05) is 28.9 Å². The molecule has 0 spiro atoms. The van der Waals surface area contributed by atoms with Gasteiger partial charge in [-0.25, -0.2) is 0 Å². The van der Waals surface area contributed by atoms with E-state index in [4.69, 9.17) is 5.11 Å². The van der Waals surface area contributed by atoms with Gasteiger partial charge in [-0.05, 0) is 27.0 Å². The number of aliphatic carboxylic acids is 1. The Balaban J connectivity index is 2.50. The van der Waals surface area contributed by atoms with Crippen molar-refractivity contribution in [2.24, 2.45) is 5.92 Å². The van der Waals surface area contributed by atoms with Gasteiger partial charge < -0.3 is 5.11 Å². The number of rotatable bonds is 6. The molecule has 96 valence electrons. The van der Waals surface area contributed by atoms with Crippen LogP contribution in [0.2, 0.25) is 0 Å². The van der Waals surface area contributed by atoms with Gasteiger partial charge in [0.1, 0.15) is 0 Å². The smallest absolute Gasteiger partial charge is 0.307 e. The molecule has 1 aromatic rings. The lowest BCUT2D eigenvalue weighted by molar-refractivity contribution is -0.141.